The summed E-state index contributed by atoms with van der Waals surface area (Å²) in [7, 11) is -3.73. The molecule has 0 bridgehead atoms. The van der Waals surface area contributed by atoms with Crippen LogP contribution in [0.3, 0.4) is 0 Å². The number of hydrogen-bond donors (Lipinski definition) is 2. The van der Waals surface area contributed by atoms with Gasteiger partial charge in [-0.15, -0.1) is 10.2 Å². The number of carbonyl (C=O) groups is 1. The molecule has 1 amide bonds. The summed E-state index contributed by atoms with van der Waals surface area (Å²) in [6.07, 6.45) is 0.294. The monoisotopic (exact) mass is 334 g/mol. The molecule has 2 N–H and O–H groups in total. The molecule has 0 aliphatic carbocycles. The fraction of sp³-hybridized carbons (Fsp3) is 0.750. The Kier molecular flexibility index (Phi) is 6.24. The number of sulfonamides is 1. The number of amides is 1. The molecule has 0 radical (unpaired) electrons. The van der Waals surface area contributed by atoms with Crippen LogP contribution < -0.4 is 10.0 Å². The van der Waals surface area contributed by atoms with Gasteiger partial charge in [-0.25, -0.2) is 13.1 Å². The highest BCUT2D eigenvalue weighted by molar-refractivity contribution is 7.91. The highest BCUT2D eigenvalue weighted by Crippen LogP contribution is 2.22. The summed E-state index contributed by atoms with van der Waals surface area (Å²) in [6.45, 7) is 9.53. The van der Waals surface area contributed by atoms with Crippen molar-refractivity contribution in [2.45, 2.75) is 51.4 Å². The quantitative estimate of drug-likeness (QED) is 0.741. The summed E-state index contributed by atoms with van der Waals surface area (Å²) in [6, 6.07) is -0.187. The Morgan fingerprint density at radius 3 is 2.24 bits per heavy atom. The highest BCUT2D eigenvalue weighted by atomic mass is 32.2. The summed E-state index contributed by atoms with van der Waals surface area (Å²) >= 11 is 0.844. The average molecular weight is 334 g/mol. The van der Waals surface area contributed by atoms with Gasteiger partial charge >= 0.3 is 0 Å². The van der Waals surface area contributed by atoms with Gasteiger partial charge in [0.05, 0.1) is 0 Å². The van der Waals surface area contributed by atoms with Gasteiger partial charge in [0.25, 0.3) is 10.0 Å². The van der Waals surface area contributed by atoms with Crippen molar-refractivity contribution in [1.82, 2.24) is 14.9 Å². The van der Waals surface area contributed by atoms with Crippen LogP contribution in [0.4, 0.5) is 5.13 Å². The summed E-state index contributed by atoms with van der Waals surface area (Å²) in [4.78, 5) is 11.3. The van der Waals surface area contributed by atoms with Crippen LogP contribution in [-0.4, -0.2) is 30.6 Å². The molecule has 0 unspecified atom stereocenters. The van der Waals surface area contributed by atoms with Gasteiger partial charge in [-0.05, 0) is 11.8 Å². The fourth-order valence-corrected chi connectivity index (χ4v) is 4.31. The lowest BCUT2D eigenvalue weighted by atomic mass is 9.94. The van der Waals surface area contributed by atoms with Crippen molar-refractivity contribution in [3.63, 3.8) is 0 Å². The molecular formula is C12H22N4O3S2. The molecule has 0 fully saturated rings. The molecule has 1 aromatic rings. The minimum Gasteiger partial charge on any atom is -0.301 e. The van der Waals surface area contributed by atoms with E-state index < -0.39 is 10.0 Å². The normalized spacial score (nSPS) is 12.4. The van der Waals surface area contributed by atoms with Gasteiger partial charge in [-0.2, -0.15) is 0 Å². The first kappa shape index (κ1) is 18.0. The number of aromatic nitrogens is 2. The maximum Gasteiger partial charge on any atom is 0.270 e. The predicted octanol–water partition coefficient (Wildman–Crippen LogP) is 1.85. The molecule has 1 aromatic heterocycles. The van der Waals surface area contributed by atoms with Crippen molar-refractivity contribution in [1.29, 1.82) is 0 Å². The van der Waals surface area contributed by atoms with E-state index in [9.17, 15) is 13.2 Å². The Labute approximate surface area is 129 Å². The maximum absolute atomic E-state index is 12.3. The largest absolute Gasteiger partial charge is 0.301 e. The van der Waals surface area contributed by atoms with E-state index in [4.69, 9.17) is 0 Å². The summed E-state index contributed by atoms with van der Waals surface area (Å²) in [5.74, 6) is 0.0872. The van der Waals surface area contributed by atoms with E-state index in [1.807, 2.05) is 27.7 Å². The van der Waals surface area contributed by atoms with Crippen LogP contribution in [0.1, 0.15) is 41.0 Å². The molecule has 0 aliphatic heterocycles. The van der Waals surface area contributed by atoms with E-state index in [-0.39, 0.29) is 33.3 Å². The van der Waals surface area contributed by atoms with E-state index in [0.29, 0.717) is 6.42 Å². The predicted molar refractivity (Wildman–Crippen MR) is 82.6 cm³/mol. The Bertz CT molecular complexity index is 573. The first-order valence-corrected chi connectivity index (χ1v) is 9.13. The maximum atomic E-state index is 12.3. The smallest absolute Gasteiger partial charge is 0.270 e. The van der Waals surface area contributed by atoms with Crippen LogP contribution >= 0.6 is 11.3 Å². The molecule has 0 aromatic carbocycles. The third-order valence-corrected chi connectivity index (χ3v) is 5.60. The van der Waals surface area contributed by atoms with Gasteiger partial charge in [0.15, 0.2) is 0 Å². The van der Waals surface area contributed by atoms with Crippen LogP contribution in [0, 0.1) is 11.8 Å². The molecule has 0 aliphatic rings. The lowest BCUT2D eigenvalue weighted by molar-refractivity contribution is -0.115. The van der Waals surface area contributed by atoms with E-state index in [0.717, 1.165) is 11.3 Å². The first-order valence-electron chi connectivity index (χ1n) is 6.83. The summed E-state index contributed by atoms with van der Waals surface area (Å²) < 4.78 is 27.1. The fourth-order valence-electron chi connectivity index (χ4n) is 1.85. The van der Waals surface area contributed by atoms with E-state index in [1.54, 1.807) is 6.92 Å². The number of rotatable bonds is 7. The lowest BCUT2D eigenvalue weighted by Gasteiger charge is -2.24. The molecule has 0 atom stereocenters. The van der Waals surface area contributed by atoms with Gasteiger partial charge in [0.1, 0.15) is 0 Å². The number of carbonyl (C=O) groups excluding carboxylic acids is 1. The molecule has 0 saturated carbocycles. The van der Waals surface area contributed by atoms with E-state index in [1.165, 1.54) is 0 Å². The summed E-state index contributed by atoms with van der Waals surface area (Å²) in [5, 5.41) is 10.0. The van der Waals surface area contributed by atoms with Crippen molar-refractivity contribution >= 4 is 32.4 Å². The number of nitrogens with zero attached hydrogens (tertiary/aromatic N) is 2. The van der Waals surface area contributed by atoms with Crippen LogP contribution in [-0.2, 0) is 14.8 Å². The Morgan fingerprint density at radius 2 is 1.76 bits per heavy atom. The topological polar surface area (TPSA) is 101 Å². The minimum absolute atomic E-state index is 0.139. The Morgan fingerprint density at radius 1 is 1.19 bits per heavy atom. The van der Waals surface area contributed by atoms with Gasteiger partial charge in [-0.3, -0.25) is 4.79 Å². The molecular weight excluding hydrogens is 312 g/mol. The number of nitrogens with one attached hydrogen (secondary N) is 2. The Hall–Kier alpha value is -1.06. The number of anilines is 1. The summed E-state index contributed by atoms with van der Waals surface area (Å²) in [5.41, 5.74) is 0. The molecule has 120 valence electrons. The first-order chi connectivity index (χ1) is 9.67. The third-order valence-electron chi connectivity index (χ3n) is 2.93. The van der Waals surface area contributed by atoms with Gasteiger partial charge < -0.3 is 5.32 Å². The van der Waals surface area contributed by atoms with Crippen LogP contribution in [0.25, 0.3) is 0 Å². The van der Waals surface area contributed by atoms with Gasteiger partial charge in [0.2, 0.25) is 15.4 Å². The van der Waals surface area contributed by atoms with Crippen molar-refractivity contribution in [2.75, 3.05) is 5.32 Å². The number of hydrogen-bond acceptors (Lipinski definition) is 6. The van der Waals surface area contributed by atoms with Crippen molar-refractivity contribution in [3.8, 4) is 0 Å². The second kappa shape index (κ2) is 7.28. The van der Waals surface area contributed by atoms with Gasteiger partial charge in [0, 0.05) is 12.5 Å². The van der Waals surface area contributed by atoms with Gasteiger partial charge in [-0.1, -0.05) is 46.0 Å². The zero-order chi connectivity index (χ0) is 16.2. The van der Waals surface area contributed by atoms with E-state index >= 15 is 0 Å². The Balaban J connectivity index is 2.90. The molecule has 1 heterocycles. The lowest BCUT2D eigenvalue weighted by Crippen LogP contribution is -2.42. The molecule has 0 spiro atoms. The zero-order valence-corrected chi connectivity index (χ0v) is 14.5. The average Bonchev–Trinajstić information content (AvgIpc) is 2.84. The van der Waals surface area contributed by atoms with Crippen LogP contribution in [0.5, 0.6) is 0 Å². The SMILES string of the molecule is CCC(=O)Nc1nnc(S(=O)(=O)NC(C(C)C)C(C)C)s1. The molecule has 0 saturated heterocycles. The van der Waals surface area contributed by atoms with Crippen molar-refractivity contribution in [2.24, 2.45) is 11.8 Å². The van der Waals surface area contributed by atoms with Crippen molar-refractivity contribution < 1.29 is 13.2 Å². The van der Waals surface area contributed by atoms with E-state index in [2.05, 4.69) is 20.2 Å². The third kappa shape index (κ3) is 5.01. The second-order valence-corrected chi connectivity index (χ2v) is 8.28. The molecule has 21 heavy (non-hydrogen) atoms. The molecule has 1 rings (SSSR count). The highest BCUT2D eigenvalue weighted by Gasteiger charge is 2.27. The molecule has 9 heteroatoms. The van der Waals surface area contributed by atoms with Crippen LogP contribution in [0.15, 0.2) is 4.34 Å². The second-order valence-electron chi connectivity index (χ2n) is 5.41. The van der Waals surface area contributed by atoms with Crippen LogP contribution in [0.2, 0.25) is 0 Å². The molecule has 7 nitrogen and oxygen atoms in total. The zero-order valence-electron chi connectivity index (χ0n) is 12.9. The standard InChI is InChI=1S/C12H22N4O3S2/c1-6-9(17)13-11-14-15-12(20-11)21(18,19)16-10(7(2)3)8(4)5/h7-8,10,16H,6H2,1-5H3,(H,13,14,17). The minimum atomic E-state index is -3.73. The van der Waals surface area contributed by atoms with Crippen molar-refractivity contribution in [3.05, 3.63) is 0 Å².